The molecule has 0 radical (unpaired) electrons. The van der Waals surface area contributed by atoms with E-state index in [2.05, 4.69) is 0 Å². The molecule has 2 unspecified atom stereocenters. The van der Waals surface area contributed by atoms with Gasteiger partial charge in [0.05, 0.1) is 17.9 Å². The minimum absolute atomic E-state index is 0.0712. The van der Waals surface area contributed by atoms with Gasteiger partial charge in [0.25, 0.3) is 0 Å². The van der Waals surface area contributed by atoms with Gasteiger partial charge in [0.1, 0.15) is 0 Å². The van der Waals surface area contributed by atoms with Crippen LogP contribution in [0.2, 0.25) is 0 Å². The molecule has 1 aliphatic carbocycles. The molecule has 2 rings (SSSR count). The SMILES string of the molecule is CC1CCN(C(=O)[C@@H]2CCCC[C@@H]2C(=O)O)CC1O. The summed E-state index contributed by atoms with van der Waals surface area (Å²) in [5.41, 5.74) is 0. The summed E-state index contributed by atoms with van der Waals surface area (Å²) >= 11 is 0. The highest BCUT2D eigenvalue weighted by Crippen LogP contribution is 2.32. The lowest BCUT2D eigenvalue weighted by Crippen LogP contribution is -2.50. The van der Waals surface area contributed by atoms with E-state index in [1.54, 1.807) is 4.90 Å². The van der Waals surface area contributed by atoms with E-state index in [4.69, 9.17) is 0 Å². The summed E-state index contributed by atoms with van der Waals surface area (Å²) in [7, 11) is 0. The van der Waals surface area contributed by atoms with Gasteiger partial charge in [-0.05, 0) is 25.2 Å². The van der Waals surface area contributed by atoms with Crippen LogP contribution in [0.3, 0.4) is 0 Å². The van der Waals surface area contributed by atoms with E-state index in [0.717, 1.165) is 19.3 Å². The van der Waals surface area contributed by atoms with Gasteiger partial charge in [-0.15, -0.1) is 0 Å². The number of rotatable bonds is 2. The smallest absolute Gasteiger partial charge is 0.307 e. The first-order valence-electron chi connectivity index (χ1n) is 7.20. The predicted octanol–water partition coefficient (Wildman–Crippen LogP) is 1.11. The topological polar surface area (TPSA) is 77.8 Å². The van der Waals surface area contributed by atoms with Crippen LogP contribution in [0.5, 0.6) is 0 Å². The molecule has 0 aromatic carbocycles. The first-order chi connectivity index (χ1) is 9.00. The quantitative estimate of drug-likeness (QED) is 0.787. The van der Waals surface area contributed by atoms with Crippen molar-refractivity contribution in [1.82, 2.24) is 4.90 Å². The molecular weight excluding hydrogens is 246 g/mol. The minimum Gasteiger partial charge on any atom is -0.481 e. The molecule has 108 valence electrons. The number of amides is 1. The Balaban J connectivity index is 2.03. The molecule has 5 nitrogen and oxygen atoms in total. The molecule has 0 aromatic rings. The second kappa shape index (κ2) is 5.90. The fourth-order valence-electron chi connectivity index (χ4n) is 3.21. The van der Waals surface area contributed by atoms with Crippen LogP contribution in [0.15, 0.2) is 0 Å². The fourth-order valence-corrected chi connectivity index (χ4v) is 3.21. The molecule has 2 N–H and O–H groups in total. The lowest BCUT2D eigenvalue weighted by molar-refractivity contribution is -0.154. The number of β-amino-alcohol motifs (C(OH)–C–C–N with tert-alkyl or cyclic N) is 1. The minimum atomic E-state index is -0.857. The van der Waals surface area contributed by atoms with Gasteiger partial charge in [-0.2, -0.15) is 0 Å². The van der Waals surface area contributed by atoms with Crippen LogP contribution in [0.25, 0.3) is 0 Å². The Hall–Kier alpha value is -1.10. The van der Waals surface area contributed by atoms with Crippen molar-refractivity contribution in [2.24, 2.45) is 17.8 Å². The Morgan fingerprint density at radius 3 is 2.32 bits per heavy atom. The second-order valence-corrected chi connectivity index (χ2v) is 5.95. The average molecular weight is 269 g/mol. The Kier molecular flexibility index (Phi) is 4.45. The highest BCUT2D eigenvalue weighted by Gasteiger charge is 2.39. The molecule has 1 heterocycles. The van der Waals surface area contributed by atoms with E-state index < -0.39 is 23.9 Å². The Bertz CT molecular complexity index is 357. The molecule has 1 aliphatic heterocycles. The number of aliphatic carboxylic acids is 1. The van der Waals surface area contributed by atoms with E-state index in [1.807, 2.05) is 6.92 Å². The number of nitrogens with zero attached hydrogens (tertiary/aromatic N) is 1. The lowest BCUT2D eigenvalue weighted by Gasteiger charge is -2.38. The maximum atomic E-state index is 12.5. The predicted molar refractivity (Wildman–Crippen MR) is 69.5 cm³/mol. The zero-order chi connectivity index (χ0) is 14.0. The van der Waals surface area contributed by atoms with E-state index in [9.17, 15) is 19.8 Å². The number of carboxylic acids is 1. The summed E-state index contributed by atoms with van der Waals surface area (Å²) in [6.45, 7) is 2.97. The highest BCUT2D eigenvalue weighted by molar-refractivity contribution is 5.85. The third-order valence-electron chi connectivity index (χ3n) is 4.63. The zero-order valence-corrected chi connectivity index (χ0v) is 11.4. The number of carbonyl (C=O) groups is 2. The third kappa shape index (κ3) is 3.08. The molecule has 4 atom stereocenters. The maximum Gasteiger partial charge on any atom is 0.307 e. The van der Waals surface area contributed by atoms with Gasteiger partial charge < -0.3 is 15.1 Å². The number of carboxylic acid groups (broad SMARTS) is 1. The maximum absolute atomic E-state index is 12.5. The van der Waals surface area contributed by atoms with Gasteiger partial charge in [0, 0.05) is 13.1 Å². The number of likely N-dealkylation sites (tertiary alicyclic amines) is 1. The van der Waals surface area contributed by atoms with Gasteiger partial charge in [0.15, 0.2) is 0 Å². The summed E-state index contributed by atoms with van der Waals surface area (Å²) in [4.78, 5) is 25.4. The fraction of sp³-hybridized carbons (Fsp3) is 0.857. The van der Waals surface area contributed by atoms with Crippen molar-refractivity contribution >= 4 is 11.9 Å². The lowest BCUT2D eigenvalue weighted by atomic mass is 9.78. The Morgan fingerprint density at radius 2 is 1.74 bits per heavy atom. The number of piperidine rings is 1. The average Bonchev–Trinajstić information content (AvgIpc) is 2.41. The van der Waals surface area contributed by atoms with Crippen LogP contribution >= 0.6 is 0 Å². The first-order valence-corrected chi connectivity index (χ1v) is 7.20. The normalized spacial score (nSPS) is 36.0. The number of carbonyl (C=O) groups excluding carboxylic acids is 1. The van der Waals surface area contributed by atoms with Gasteiger partial charge in [-0.25, -0.2) is 0 Å². The van der Waals surface area contributed by atoms with E-state index in [-0.39, 0.29) is 11.8 Å². The van der Waals surface area contributed by atoms with Crippen molar-refractivity contribution in [3.63, 3.8) is 0 Å². The molecule has 0 bridgehead atoms. The van der Waals surface area contributed by atoms with Crippen LogP contribution < -0.4 is 0 Å². The molecule has 1 saturated heterocycles. The highest BCUT2D eigenvalue weighted by atomic mass is 16.4. The number of aliphatic hydroxyl groups excluding tert-OH is 1. The van der Waals surface area contributed by atoms with Crippen molar-refractivity contribution in [1.29, 1.82) is 0 Å². The largest absolute Gasteiger partial charge is 0.481 e. The first kappa shape index (κ1) is 14.3. The van der Waals surface area contributed by atoms with Crippen LogP contribution in [0.1, 0.15) is 39.0 Å². The van der Waals surface area contributed by atoms with E-state index in [1.165, 1.54) is 0 Å². The van der Waals surface area contributed by atoms with Crippen molar-refractivity contribution in [3.8, 4) is 0 Å². The summed E-state index contributed by atoms with van der Waals surface area (Å²) < 4.78 is 0. The standard InChI is InChI=1S/C14H23NO4/c1-9-6-7-15(8-12(9)16)13(17)10-4-2-3-5-11(10)14(18)19/h9-12,16H,2-8H2,1H3,(H,18,19)/t9?,10-,11+,12?/m1/s1. The zero-order valence-electron chi connectivity index (χ0n) is 11.4. The molecule has 2 aliphatic rings. The monoisotopic (exact) mass is 269 g/mol. The molecule has 1 amide bonds. The van der Waals surface area contributed by atoms with Gasteiger partial charge in [0.2, 0.25) is 5.91 Å². The molecule has 0 spiro atoms. The number of hydrogen-bond acceptors (Lipinski definition) is 3. The molecule has 19 heavy (non-hydrogen) atoms. The summed E-state index contributed by atoms with van der Waals surface area (Å²) in [5, 5.41) is 19.1. The Labute approximate surface area is 113 Å². The van der Waals surface area contributed by atoms with E-state index >= 15 is 0 Å². The van der Waals surface area contributed by atoms with Crippen molar-refractivity contribution in [2.75, 3.05) is 13.1 Å². The number of aliphatic hydroxyl groups is 1. The van der Waals surface area contributed by atoms with Crippen LogP contribution in [0.4, 0.5) is 0 Å². The van der Waals surface area contributed by atoms with Crippen molar-refractivity contribution in [3.05, 3.63) is 0 Å². The van der Waals surface area contributed by atoms with E-state index in [0.29, 0.717) is 25.9 Å². The van der Waals surface area contributed by atoms with Crippen LogP contribution in [0, 0.1) is 17.8 Å². The van der Waals surface area contributed by atoms with Crippen molar-refractivity contribution < 1.29 is 19.8 Å². The summed E-state index contributed by atoms with van der Waals surface area (Å²) in [6, 6.07) is 0. The van der Waals surface area contributed by atoms with Crippen molar-refractivity contribution in [2.45, 2.75) is 45.1 Å². The van der Waals surface area contributed by atoms with Crippen LogP contribution in [-0.2, 0) is 9.59 Å². The third-order valence-corrected chi connectivity index (χ3v) is 4.63. The summed E-state index contributed by atoms with van der Waals surface area (Å²) in [6.07, 6.45) is 3.38. The molecular formula is C14H23NO4. The van der Waals surface area contributed by atoms with Gasteiger partial charge in [-0.3, -0.25) is 9.59 Å². The van der Waals surface area contributed by atoms with Gasteiger partial charge >= 0.3 is 5.97 Å². The molecule has 1 saturated carbocycles. The van der Waals surface area contributed by atoms with Crippen LogP contribution in [-0.4, -0.2) is 46.2 Å². The summed E-state index contributed by atoms with van der Waals surface area (Å²) in [5.74, 6) is -1.66. The van der Waals surface area contributed by atoms with Gasteiger partial charge in [-0.1, -0.05) is 19.8 Å². The molecule has 5 heteroatoms. The number of hydrogen-bond donors (Lipinski definition) is 2. The Morgan fingerprint density at radius 1 is 1.11 bits per heavy atom. The molecule has 0 aromatic heterocycles. The molecule has 2 fully saturated rings. The second-order valence-electron chi connectivity index (χ2n) is 5.95.